The zero-order valence-corrected chi connectivity index (χ0v) is 13.7. The predicted octanol–water partition coefficient (Wildman–Crippen LogP) is 2.57. The maximum Gasteiger partial charge on any atom is 0.323 e. The Hall–Kier alpha value is -2.15. The summed E-state index contributed by atoms with van der Waals surface area (Å²) in [7, 11) is 0. The summed E-state index contributed by atoms with van der Waals surface area (Å²) in [6.45, 7) is 1.98. The molecule has 2 aromatic rings. The van der Waals surface area contributed by atoms with Crippen LogP contribution in [-0.2, 0) is 4.79 Å². The van der Waals surface area contributed by atoms with E-state index in [1.54, 1.807) is 10.9 Å². The van der Waals surface area contributed by atoms with Gasteiger partial charge in [-0.1, -0.05) is 22.9 Å². The van der Waals surface area contributed by atoms with Crippen molar-refractivity contribution in [1.82, 2.24) is 14.7 Å². The van der Waals surface area contributed by atoms with E-state index in [1.807, 2.05) is 31.2 Å². The van der Waals surface area contributed by atoms with Crippen molar-refractivity contribution >= 4 is 27.8 Å². The number of aliphatic carboxylic acids is 1. The fraction of sp³-hybridized carbons (Fsp3) is 0.267. The molecule has 2 rings (SSSR count). The maximum absolute atomic E-state index is 12.4. The van der Waals surface area contributed by atoms with Crippen LogP contribution in [-0.4, -0.2) is 44.8 Å². The molecule has 6 nitrogen and oxygen atoms in total. The lowest BCUT2D eigenvalue weighted by Gasteiger charge is -2.18. The van der Waals surface area contributed by atoms with Gasteiger partial charge in [-0.05, 0) is 30.7 Å². The first-order valence-corrected chi connectivity index (χ1v) is 7.62. The number of amides is 1. The maximum atomic E-state index is 12.4. The minimum absolute atomic E-state index is 0.309. The quantitative estimate of drug-likeness (QED) is 0.853. The van der Waals surface area contributed by atoms with Gasteiger partial charge in [0.25, 0.3) is 5.91 Å². The third-order valence-electron chi connectivity index (χ3n) is 3.03. The Morgan fingerprint density at radius 1 is 1.32 bits per heavy atom. The molecule has 1 N–H and O–H groups in total. The number of carboxylic acid groups (broad SMARTS) is 1. The van der Waals surface area contributed by atoms with Crippen molar-refractivity contribution < 1.29 is 14.7 Å². The number of benzene rings is 1. The van der Waals surface area contributed by atoms with E-state index in [2.05, 4.69) is 21.0 Å². The summed E-state index contributed by atoms with van der Waals surface area (Å²) >= 11 is 3.36. The molecular formula is C15H16BrN3O3. The molecule has 22 heavy (non-hydrogen) atoms. The average molecular weight is 366 g/mol. The molecule has 1 aromatic carbocycles. The molecule has 0 atom stereocenters. The second-order valence-electron chi connectivity index (χ2n) is 4.77. The van der Waals surface area contributed by atoms with Crippen LogP contribution in [0.3, 0.4) is 0 Å². The number of nitrogens with zero attached hydrogens (tertiary/aromatic N) is 3. The fourth-order valence-corrected chi connectivity index (χ4v) is 2.30. The standard InChI is InChI=1S/C15H16BrN3O3/c1-2-7-18(10-14(20)21)15(22)11-8-17-19(9-11)13-5-3-12(16)4-6-13/h3-6,8-9H,2,7,10H2,1H3,(H,20,21). The molecule has 0 aliphatic rings. The molecule has 0 unspecified atom stereocenters. The van der Waals surface area contributed by atoms with E-state index >= 15 is 0 Å². The highest BCUT2D eigenvalue weighted by atomic mass is 79.9. The topological polar surface area (TPSA) is 75.4 Å². The van der Waals surface area contributed by atoms with Crippen LogP contribution in [0.2, 0.25) is 0 Å². The number of carbonyl (C=O) groups excluding carboxylic acids is 1. The van der Waals surface area contributed by atoms with E-state index in [4.69, 9.17) is 5.11 Å². The third kappa shape index (κ3) is 3.94. The Morgan fingerprint density at radius 3 is 2.59 bits per heavy atom. The molecule has 1 amide bonds. The molecule has 0 aliphatic heterocycles. The van der Waals surface area contributed by atoms with E-state index in [9.17, 15) is 9.59 Å². The van der Waals surface area contributed by atoms with Crippen LogP contribution in [0.15, 0.2) is 41.1 Å². The van der Waals surface area contributed by atoms with E-state index in [1.165, 1.54) is 11.1 Å². The Kier molecular flexibility index (Phi) is 5.32. The molecule has 0 bridgehead atoms. The Balaban J connectivity index is 2.20. The van der Waals surface area contributed by atoms with Gasteiger partial charge in [0.1, 0.15) is 6.54 Å². The summed E-state index contributed by atoms with van der Waals surface area (Å²) in [6, 6.07) is 7.50. The van der Waals surface area contributed by atoms with Gasteiger partial charge < -0.3 is 10.0 Å². The van der Waals surface area contributed by atoms with Gasteiger partial charge in [0.15, 0.2) is 0 Å². The second kappa shape index (κ2) is 7.22. The predicted molar refractivity (Wildman–Crippen MR) is 85.1 cm³/mol. The highest BCUT2D eigenvalue weighted by Crippen LogP contribution is 2.14. The van der Waals surface area contributed by atoms with Crippen LogP contribution in [0, 0.1) is 0 Å². The molecule has 1 aromatic heterocycles. The Labute approximate surface area is 136 Å². The minimum atomic E-state index is -1.03. The summed E-state index contributed by atoms with van der Waals surface area (Å²) in [4.78, 5) is 24.5. The van der Waals surface area contributed by atoms with Gasteiger partial charge in [-0.2, -0.15) is 5.10 Å². The summed E-state index contributed by atoms with van der Waals surface area (Å²) < 4.78 is 2.54. The number of carboxylic acids is 1. The fourth-order valence-electron chi connectivity index (χ4n) is 2.04. The van der Waals surface area contributed by atoms with Gasteiger partial charge >= 0.3 is 5.97 Å². The van der Waals surface area contributed by atoms with Crippen LogP contribution in [0.4, 0.5) is 0 Å². The number of rotatable bonds is 6. The van der Waals surface area contributed by atoms with E-state index in [0.29, 0.717) is 18.5 Å². The molecule has 116 valence electrons. The van der Waals surface area contributed by atoms with Crippen molar-refractivity contribution in [2.24, 2.45) is 0 Å². The molecule has 1 heterocycles. The van der Waals surface area contributed by atoms with Crippen LogP contribution in [0.5, 0.6) is 0 Å². The Bertz CT molecular complexity index is 667. The highest BCUT2D eigenvalue weighted by Gasteiger charge is 2.19. The van der Waals surface area contributed by atoms with Gasteiger partial charge in [-0.25, -0.2) is 4.68 Å². The summed E-state index contributed by atoms with van der Waals surface area (Å²) in [5.74, 6) is -1.35. The van der Waals surface area contributed by atoms with Gasteiger partial charge in [-0.3, -0.25) is 9.59 Å². The lowest BCUT2D eigenvalue weighted by molar-refractivity contribution is -0.137. The molecule has 0 radical (unpaired) electrons. The van der Waals surface area contributed by atoms with Crippen LogP contribution in [0.25, 0.3) is 5.69 Å². The monoisotopic (exact) mass is 365 g/mol. The van der Waals surface area contributed by atoms with Crippen molar-refractivity contribution in [2.45, 2.75) is 13.3 Å². The van der Waals surface area contributed by atoms with E-state index in [0.717, 1.165) is 10.2 Å². The zero-order valence-electron chi connectivity index (χ0n) is 12.1. The Morgan fingerprint density at radius 2 is 2.00 bits per heavy atom. The summed E-state index contributed by atoms with van der Waals surface area (Å²) in [5.41, 5.74) is 1.19. The summed E-state index contributed by atoms with van der Waals surface area (Å²) in [5, 5.41) is 13.1. The molecule has 0 spiro atoms. The smallest absolute Gasteiger partial charge is 0.323 e. The number of aromatic nitrogens is 2. The molecule has 0 fully saturated rings. The first-order chi connectivity index (χ1) is 10.5. The number of carbonyl (C=O) groups is 2. The van der Waals surface area contributed by atoms with Crippen molar-refractivity contribution in [2.75, 3.05) is 13.1 Å². The van der Waals surface area contributed by atoms with Crippen molar-refractivity contribution in [1.29, 1.82) is 0 Å². The molecule has 0 saturated heterocycles. The van der Waals surface area contributed by atoms with Gasteiger partial charge in [0.05, 0.1) is 17.4 Å². The number of hydrogen-bond acceptors (Lipinski definition) is 3. The molecule has 7 heteroatoms. The summed E-state index contributed by atoms with van der Waals surface area (Å²) in [6.07, 6.45) is 3.75. The largest absolute Gasteiger partial charge is 0.480 e. The van der Waals surface area contributed by atoms with Gasteiger partial charge in [0, 0.05) is 17.2 Å². The molecule has 0 saturated carbocycles. The van der Waals surface area contributed by atoms with Crippen molar-refractivity contribution in [3.05, 3.63) is 46.7 Å². The van der Waals surface area contributed by atoms with E-state index < -0.39 is 5.97 Å². The van der Waals surface area contributed by atoms with Crippen LogP contribution in [0.1, 0.15) is 23.7 Å². The van der Waals surface area contributed by atoms with Gasteiger partial charge in [-0.15, -0.1) is 0 Å². The average Bonchev–Trinajstić information content (AvgIpc) is 2.96. The van der Waals surface area contributed by atoms with E-state index in [-0.39, 0.29) is 12.5 Å². The number of halogens is 1. The van der Waals surface area contributed by atoms with Crippen molar-refractivity contribution in [3.63, 3.8) is 0 Å². The third-order valence-corrected chi connectivity index (χ3v) is 3.56. The highest BCUT2D eigenvalue weighted by molar-refractivity contribution is 9.10. The first-order valence-electron chi connectivity index (χ1n) is 6.83. The first kappa shape index (κ1) is 16.2. The van der Waals surface area contributed by atoms with Crippen LogP contribution >= 0.6 is 15.9 Å². The second-order valence-corrected chi connectivity index (χ2v) is 5.69. The molecular weight excluding hydrogens is 350 g/mol. The van der Waals surface area contributed by atoms with Crippen LogP contribution < -0.4 is 0 Å². The van der Waals surface area contributed by atoms with Gasteiger partial charge in [0.2, 0.25) is 0 Å². The lowest BCUT2D eigenvalue weighted by Crippen LogP contribution is -2.36. The zero-order chi connectivity index (χ0) is 16.1. The minimum Gasteiger partial charge on any atom is -0.480 e. The normalized spacial score (nSPS) is 10.5. The SMILES string of the molecule is CCCN(CC(=O)O)C(=O)c1cnn(-c2ccc(Br)cc2)c1. The van der Waals surface area contributed by atoms with Crippen molar-refractivity contribution in [3.8, 4) is 5.69 Å². The molecule has 0 aliphatic carbocycles. The lowest BCUT2D eigenvalue weighted by atomic mass is 10.3. The number of hydrogen-bond donors (Lipinski definition) is 1.